The second-order valence-electron chi connectivity index (χ2n) is 9.11. The van der Waals surface area contributed by atoms with Gasteiger partial charge in [0.15, 0.2) is 0 Å². The number of ether oxygens (including phenoxy) is 1. The molecule has 0 aliphatic rings. The van der Waals surface area contributed by atoms with Crippen LogP contribution >= 0.6 is 23.2 Å². The molecule has 0 spiro atoms. The molecule has 0 aliphatic heterocycles. The van der Waals surface area contributed by atoms with E-state index < -0.39 is 26.7 Å². The second-order valence-corrected chi connectivity index (χ2v) is 12.7. The van der Waals surface area contributed by atoms with Gasteiger partial charge in [0, 0.05) is 29.2 Å². The lowest BCUT2D eigenvalue weighted by Crippen LogP contribution is -2.21. The quantitative estimate of drug-likeness (QED) is 0.129. The number of hydrogen-bond acceptors (Lipinski definition) is 11. The number of aromatic nitrogens is 2. The molecule has 44 heavy (non-hydrogen) atoms. The third-order valence-corrected chi connectivity index (χ3v) is 9.18. The number of anilines is 4. The number of carbonyl (C=O) groups excluding carboxylic acids is 1. The molecule has 0 fully saturated rings. The minimum Gasteiger partial charge on any atom is -0.450 e. The Kier molecular flexibility index (Phi) is 11.0. The van der Waals surface area contributed by atoms with Gasteiger partial charge in [-0.25, -0.2) is 18.2 Å². The zero-order valence-corrected chi connectivity index (χ0v) is 26.5. The molecule has 4 rings (SSSR count). The number of nitrogens with one attached hydrogen (secondary N) is 3. The Morgan fingerprint density at radius 3 is 2.41 bits per heavy atom. The first-order valence-electron chi connectivity index (χ1n) is 13.0. The lowest BCUT2D eigenvalue weighted by Gasteiger charge is -2.17. The maximum absolute atomic E-state index is 12.9. The summed E-state index contributed by atoms with van der Waals surface area (Å²) in [5.74, 6) is 0.642. The smallest absolute Gasteiger partial charge is 0.410 e. The molecule has 4 N–H and O–H groups in total. The van der Waals surface area contributed by atoms with Gasteiger partial charge in [0.25, 0.3) is 10.0 Å². The molecule has 232 valence electrons. The molecule has 12 nitrogen and oxygen atoms in total. The summed E-state index contributed by atoms with van der Waals surface area (Å²) in [6.45, 7) is 3.37. The molecule has 1 heterocycles. The summed E-state index contributed by atoms with van der Waals surface area (Å²) in [7, 11) is -5.92. The normalized spacial score (nSPS) is 12.8. The van der Waals surface area contributed by atoms with E-state index in [0.717, 1.165) is 0 Å². The highest BCUT2D eigenvalue weighted by molar-refractivity contribution is 7.92. The van der Waals surface area contributed by atoms with Crippen LogP contribution in [-0.2, 0) is 29.6 Å². The third kappa shape index (κ3) is 8.36. The summed E-state index contributed by atoms with van der Waals surface area (Å²) < 4.78 is 48.7. The number of sulfonamides is 1. The van der Waals surface area contributed by atoms with Crippen LogP contribution in [0.1, 0.15) is 13.8 Å². The Balaban J connectivity index is 1.55. The van der Waals surface area contributed by atoms with Gasteiger partial charge in [0.05, 0.1) is 23.3 Å². The van der Waals surface area contributed by atoms with Crippen molar-refractivity contribution in [3.63, 3.8) is 0 Å². The molecule has 0 bridgehead atoms. The van der Waals surface area contributed by atoms with Crippen molar-refractivity contribution in [2.45, 2.75) is 29.7 Å². The third-order valence-electron chi connectivity index (χ3n) is 5.84. The van der Waals surface area contributed by atoms with E-state index in [4.69, 9.17) is 23.2 Å². The maximum atomic E-state index is 12.9. The highest BCUT2D eigenvalue weighted by Gasteiger charge is 2.20. The largest absolute Gasteiger partial charge is 0.450 e. The van der Waals surface area contributed by atoms with Crippen LogP contribution in [0.5, 0.6) is 0 Å². The van der Waals surface area contributed by atoms with Crippen LogP contribution in [-0.4, -0.2) is 48.8 Å². The Morgan fingerprint density at radius 1 is 1.07 bits per heavy atom. The maximum Gasteiger partial charge on any atom is 0.410 e. The number of aliphatic hydroxyl groups is 1. The molecule has 3 aromatic carbocycles. The van der Waals surface area contributed by atoms with Gasteiger partial charge in [-0.2, -0.15) is 4.98 Å². The van der Waals surface area contributed by atoms with Crippen molar-refractivity contribution in [3.05, 3.63) is 83.0 Å². The highest BCUT2D eigenvalue weighted by Crippen LogP contribution is 2.32. The van der Waals surface area contributed by atoms with Crippen LogP contribution in [0.15, 0.2) is 87.1 Å². The summed E-state index contributed by atoms with van der Waals surface area (Å²) in [4.78, 5) is 20.6. The van der Waals surface area contributed by atoms with Crippen LogP contribution in [0, 0.1) is 0 Å². The molecular formula is C28H27Cl2N6O6S2-. The van der Waals surface area contributed by atoms with Crippen LogP contribution in [0.4, 0.5) is 27.9 Å². The zero-order chi connectivity index (χ0) is 31.9. The van der Waals surface area contributed by atoms with Gasteiger partial charge in [-0.1, -0.05) is 58.4 Å². The molecule has 1 amide bonds. The molecule has 1 aromatic heterocycles. The van der Waals surface area contributed by atoms with Crippen molar-refractivity contribution in [1.29, 1.82) is 0 Å². The van der Waals surface area contributed by atoms with Crippen LogP contribution < -0.4 is 15.4 Å². The van der Waals surface area contributed by atoms with E-state index in [1.807, 2.05) is 0 Å². The Bertz CT molecular complexity index is 1830. The number of nitrogens with zero attached hydrogens (tertiary/aromatic N) is 3. The Hall–Kier alpha value is -3.95. The zero-order valence-electron chi connectivity index (χ0n) is 23.3. The van der Waals surface area contributed by atoms with E-state index in [9.17, 15) is 22.5 Å². The molecule has 0 aliphatic carbocycles. The first-order chi connectivity index (χ1) is 21.0. The molecule has 0 saturated carbocycles. The number of carbonyl (C=O) groups is 1. The van der Waals surface area contributed by atoms with Gasteiger partial charge in [0.1, 0.15) is 10.7 Å². The van der Waals surface area contributed by atoms with E-state index in [1.165, 1.54) is 18.2 Å². The topological polar surface area (TPSA) is 172 Å². The van der Waals surface area contributed by atoms with E-state index in [-0.39, 0.29) is 40.1 Å². The second kappa shape index (κ2) is 14.7. The van der Waals surface area contributed by atoms with Gasteiger partial charge in [0.2, 0.25) is 5.95 Å². The van der Waals surface area contributed by atoms with Gasteiger partial charge in [-0.15, -0.1) is 10.6 Å². The van der Waals surface area contributed by atoms with Crippen molar-refractivity contribution in [1.82, 2.24) is 9.97 Å². The standard InChI is InChI=1S/C28H27Cl2N6O6S2/c1-3-42-28(38)35-43(39)21-13-11-19(12-14-21)33-27-31-15-22(26(34-27)32-17(2)16-37)18-7-9-20(10-8-18)36-44(40,41)24-6-4-5-23(29)25(24)30/h4-15,17,36-37H,3,16H2,1-2H3,(H2,31,32,33,34)/q-1. The number of aliphatic hydroxyl groups excluding tert-OH is 1. The summed E-state index contributed by atoms with van der Waals surface area (Å²) >= 11 is 12.1. The van der Waals surface area contributed by atoms with Gasteiger partial charge in [-0.05, 0) is 55.8 Å². The number of benzene rings is 3. The summed E-state index contributed by atoms with van der Waals surface area (Å²) in [5.41, 5.74) is 2.13. The fraction of sp³-hybridized carbons (Fsp3) is 0.179. The van der Waals surface area contributed by atoms with E-state index in [0.29, 0.717) is 33.2 Å². The van der Waals surface area contributed by atoms with Crippen molar-refractivity contribution >= 4 is 73.1 Å². The highest BCUT2D eigenvalue weighted by atomic mass is 35.5. The number of rotatable bonds is 11. The predicted octanol–water partition coefficient (Wildman–Crippen LogP) is 6.45. The number of halogens is 2. The van der Waals surface area contributed by atoms with Gasteiger partial charge < -0.3 is 24.7 Å². The summed E-state index contributed by atoms with van der Waals surface area (Å²) in [6, 6.07) is 16.9. The minimum atomic E-state index is -4.00. The van der Waals surface area contributed by atoms with Crippen LogP contribution in [0.25, 0.3) is 11.1 Å². The van der Waals surface area contributed by atoms with E-state index in [2.05, 4.69) is 34.4 Å². The molecular weight excluding hydrogens is 651 g/mol. The fourth-order valence-corrected chi connectivity index (χ4v) is 6.20. The molecule has 0 radical (unpaired) electrons. The van der Waals surface area contributed by atoms with E-state index >= 15 is 0 Å². The number of hydrogen-bond donors (Lipinski definition) is 4. The average molecular weight is 679 g/mol. The fourth-order valence-electron chi connectivity index (χ4n) is 3.72. The molecule has 1 unspecified atom stereocenters. The number of amides is 1. The lowest BCUT2D eigenvalue weighted by atomic mass is 10.1. The molecule has 1 atom stereocenters. The first-order valence-corrected chi connectivity index (χ1v) is 16.3. The van der Waals surface area contributed by atoms with Crippen LogP contribution in [0.2, 0.25) is 10.0 Å². The SMILES string of the molecule is CCOC(=O)N=[S-](=O)c1ccc(Nc2ncc(-c3ccc(NS(=O)(=O)c4cccc(Cl)c4Cl)cc3)c(NC(C)CO)n2)cc1. The van der Waals surface area contributed by atoms with Gasteiger partial charge >= 0.3 is 6.09 Å². The first kappa shape index (κ1) is 33.0. The monoisotopic (exact) mass is 677 g/mol. The minimum absolute atomic E-state index is 0.0757. The van der Waals surface area contributed by atoms with Crippen molar-refractivity contribution in [3.8, 4) is 11.1 Å². The molecule has 0 saturated heterocycles. The lowest BCUT2D eigenvalue weighted by molar-refractivity contribution is 0.164. The summed E-state index contributed by atoms with van der Waals surface area (Å²) in [5, 5.41) is 15.9. The summed E-state index contributed by atoms with van der Waals surface area (Å²) in [6.07, 6.45) is 0.672. The van der Waals surface area contributed by atoms with E-state index in [1.54, 1.807) is 68.6 Å². The van der Waals surface area contributed by atoms with Gasteiger partial charge in [-0.3, -0.25) is 9.08 Å². The van der Waals surface area contributed by atoms with Crippen LogP contribution in [0.3, 0.4) is 0 Å². The molecule has 16 heteroatoms. The Labute approximate surface area is 266 Å². The van der Waals surface area contributed by atoms with Crippen molar-refractivity contribution in [2.75, 3.05) is 28.6 Å². The van der Waals surface area contributed by atoms with Crippen molar-refractivity contribution < 1.29 is 27.3 Å². The average Bonchev–Trinajstić information content (AvgIpc) is 2.99. The van der Waals surface area contributed by atoms with Crippen molar-refractivity contribution in [2.24, 2.45) is 4.36 Å². The Morgan fingerprint density at radius 2 is 1.75 bits per heavy atom. The molecule has 4 aromatic rings. The predicted molar refractivity (Wildman–Crippen MR) is 170 cm³/mol.